The van der Waals surface area contributed by atoms with E-state index in [1.165, 1.54) is 11.1 Å². The van der Waals surface area contributed by atoms with Gasteiger partial charge in [-0.15, -0.1) is 11.3 Å². The van der Waals surface area contributed by atoms with Crippen LogP contribution in [0, 0.1) is 0 Å². The number of anilines is 1. The van der Waals surface area contributed by atoms with E-state index in [-0.39, 0.29) is 5.56 Å². The third kappa shape index (κ3) is 2.87. The second-order valence-corrected chi connectivity index (χ2v) is 5.66. The van der Waals surface area contributed by atoms with E-state index in [0.717, 1.165) is 17.3 Å². The average molecular weight is 298 g/mol. The smallest absolute Gasteiger partial charge is 0.339 e. The van der Waals surface area contributed by atoms with Crippen molar-refractivity contribution in [1.82, 2.24) is 4.98 Å². The van der Waals surface area contributed by atoms with E-state index in [2.05, 4.69) is 16.4 Å². The Kier molecular flexibility index (Phi) is 3.83. The minimum Gasteiger partial charge on any atom is -0.478 e. The predicted octanol–water partition coefficient (Wildman–Crippen LogP) is 3.65. The van der Waals surface area contributed by atoms with Crippen LogP contribution < -0.4 is 5.32 Å². The van der Waals surface area contributed by atoms with Crippen LogP contribution in [0.4, 0.5) is 5.69 Å². The van der Waals surface area contributed by atoms with E-state index in [0.29, 0.717) is 12.2 Å². The molecule has 0 atom stereocenters. The van der Waals surface area contributed by atoms with Crippen molar-refractivity contribution in [2.24, 2.45) is 0 Å². The van der Waals surface area contributed by atoms with Gasteiger partial charge >= 0.3 is 5.97 Å². The van der Waals surface area contributed by atoms with Crippen LogP contribution in [0.2, 0.25) is 0 Å². The molecule has 21 heavy (non-hydrogen) atoms. The Hall–Kier alpha value is -2.40. The molecular formula is C16H14N2O2S. The summed E-state index contributed by atoms with van der Waals surface area (Å²) in [7, 11) is 0. The molecule has 0 amide bonds. The number of nitrogens with one attached hydrogen (secondary N) is 1. The molecule has 0 aliphatic carbocycles. The maximum Gasteiger partial charge on any atom is 0.339 e. The number of fused-ring (bicyclic) bond motifs is 1. The fourth-order valence-corrected chi connectivity index (χ4v) is 2.97. The number of aromatic nitrogens is 1. The SMILES string of the molecule is O=C(O)c1cnc2ccccc2c1NCCc1cccs1. The average Bonchev–Trinajstić information content (AvgIpc) is 3.00. The highest BCUT2D eigenvalue weighted by molar-refractivity contribution is 7.09. The molecule has 3 aromatic rings. The molecule has 0 aliphatic heterocycles. The van der Waals surface area contributed by atoms with Crippen LogP contribution in [0.15, 0.2) is 48.0 Å². The van der Waals surface area contributed by atoms with E-state index < -0.39 is 5.97 Å². The van der Waals surface area contributed by atoms with Crippen LogP contribution in [0.1, 0.15) is 15.2 Å². The van der Waals surface area contributed by atoms with Crippen molar-refractivity contribution >= 4 is 33.9 Å². The second-order valence-electron chi connectivity index (χ2n) is 4.63. The maximum atomic E-state index is 11.4. The van der Waals surface area contributed by atoms with E-state index in [1.54, 1.807) is 11.3 Å². The van der Waals surface area contributed by atoms with Crippen molar-refractivity contribution in [2.75, 3.05) is 11.9 Å². The normalized spacial score (nSPS) is 10.7. The summed E-state index contributed by atoms with van der Waals surface area (Å²) in [6, 6.07) is 11.7. The van der Waals surface area contributed by atoms with Gasteiger partial charge in [-0.05, 0) is 23.9 Å². The number of pyridine rings is 1. The molecule has 3 rings (SSSR count). The minimum atomic E-state index is -0.966. The van der Waals surface area contributed by atoms with Gasteiger partial charge in [-0.2, -0.15) is 0 Å². The molecular weight excluding hydrogens is 284 g/mol. The molecule has 2 N–H and O–H groups in total. The van der Waals surface area contributed by atoms with Crippen molar-refractivity contribution in [3.8, 4) is 0 Å². The van der Waals surface area contributed by atoms with E-state index >= 15 is 0 Å². The summed E-state index contributed by atoms with van der Waals surface area (Å²) in [5.74, 6) is -0.966. The fraction of sp³-hybridized carbons (Fsp3) is 0.125. The van der Waals surface area contributed by atoms with E-state index in [4.69, 9.17) is 0 Å². The Bertz CT molecular complexity index is 769. The third-order valence-corrected chi connectivity index (χ3v) is 4.20. The lowest BCUT2D eigenvalue weighted by Gasteiger charge is -2.12. The van der Waals surface area contributed by atoms with Gasteiger partial charge in [0.25, 0.3) is 0 Å². The molecule has 0 fully saturated rings. The summed E-state index contributed by atoms with van der Waals surface area (Å²) in [4.78, 5) is 16.9. The van der Waals surface area contributed by atoms with Crippen LogP contribution in [-0.2, 0) is 6.42 Å². The Morgan fingerprint density at radius 1 is 1.24 bits per heavy atom. The zero-order valence-corrected chi connectivity index (χ0v) is 12.1. The molecule has 0 bridgehead atoms. The first-order valence-electron chi connectivity index (χ1n) is 6.63. The number of nitrogens with zero attached hydrogens (tertiary/aromatic N) is 1. The molecule has 5 heteroatoms. The summed E-state index contributed by atoms with van der Waals surface area (Å²) < 4.78 is 0. The number of hydrogen-bond acceptors (Lipinski definition) is 4. The Labute approximate surface area is 126 Å². The third-order valence-electron chi connectivity index (χ3n) is 3.26. The molecule has 0 unspecified atom stereocenters. The first-order valence-corrected chi connectivity index (χ1v) is 7.51. The lowest BCUT2D eigenvalue weighted by Crippen LogP contribution is -2.10. The summed E-state index contributed by atoms with van der Waals surface area (Å²) in [5.41, 5.74) is 1.64. The zero-order chi connectivity index (χ0) is 14.7. The molecule has 0 radical (unpaired) electrons. The Morgan fingerprint density at radius 2 is 2.10 bits per heavy atom. The highest BCUT2D eigenvalue weighted by Crippen LogP contribution is 2.26. The molecule has 106 valence electrons. The molecule has 0 saturated carbocycles. The van der Waals surface area contributed by atoms with Gasteiger partial charge < -0.3 is 10.4 Å². The topological polar surface area (TPSA) is 62.2 Å². The molecule has 4 nitrogen and oxygen atoms in total. The number of carboxylic acid groups (broad SMARTS) is 1. The standard InChI is InChI=1S/C16H14N2O2S/c19-16(20)13-10-18-14-6-2-1-5-12(14)15(13)17-8-7-11-4-3-9-21-11/h1-6,9-10H,7-8H2,(H,17,18)(H,19,20). The van der Waals surface area contributed by atoms with Gasteiger partial charge in [0.1, 0.15) is 5.56 Å². The summed E-state index contributed by atoms with van der Waals surface area (Å²) >= 11 is 1.70. The first kappa shape index (κ1) is 13.6. The summed E-state index contributed by atoms with van der Waals surface area (Å²) in [5, 5.41) is 15.5. The summed E-state index contributed by atoms with van der Waals surface area (Å²) in [6.45, 7) is 0.689. The van der Waals surface area contributed by atoms with Crippen molar-refractivity contribution in [3.05, 3.63) is 58.4 Å². The number of rotatable bonds is 5. The van der Waals surface area contributed by atoms with Gasteiger partial charge in [-0.1, -0.05) is 24.3 Å². The predicted molar refractivity (Wildman–Crippen MR) is 85.2 cm³/mol. The highest BCUT2D eigenvalue weighted by atomic mass is 32.1. The van der Waals surface area contributed by atoms with Crippen molar-refractivity contribution in [3.63, 3.8) is 0 Å². The Balaban J connectivity index is 1.90. The van der Waals surface area contributed by atoms with Gasteiger partial charge in [0.15, 0.2) is 0 Å². The molecule has 0 spiro atoms. The number of carbonyl (C=O) groups is 1. The first-order chi connectivity index (χ1) is 10.3. The lowest BCUT2D eigenvalue weighted by atomic mass is 10.1. The van der Waals surface area contributed by atoms with Crippen molar-refractivity contribution in [1.29, 1.82) is 0 Å². The van der Waals surface area contributed by atoms with E-state index in [1.807, 2.05) is 35.7 Å². The van der Waals surface area contributed by atoms with Gasteiger partial charge in [-0.25, -0.2) is 4.79 Å². The van der Waals surface area contributed by atoms with Crippen LogP contribution in [0.25, 0.3) is 10.9 Å². The molecule has 0 aliphatic rings. The van der Waals surface area contributed by atoms with E-state index in [9.17, 15) is 9.90 Å². The minimum absolute atomic E-state index is 0.208. The largest absolute Gasteiger partial charge is 0.478 e. The number of benzene rings is 1. The maximum absolute atomic E-state index is 11.4. The molecule has 2 heterocycles. The number of hydrogen-bond donors (Lipinski definition) is 2. The van der Waals surface area contributed by atoms with Gasteiger partial charge in [0, 0.05) is 23.0 Å². The monoisotopic (exact) mass is 298 g/mol. The number of para-hydroxylation sites is 1. The van der Waals surface area contributed by atoms with Crippen LogP contribution in [-0.4, -0.2) is 22.6 Å². The quantitative estimate of drug-likeness (QED) is 0.754. The fourth-order valence-electron chi connectivity index (χ4n) is 2.26. The molecule has 1 aromatic carbocycles. The Morgan fingerprint density at radius 3 is 2.86 bits per heavy atom. The number of carboxylic acids is 1. The zero-order valence-electron chi connectivity index (χ0n) is 11.2. The van der Waals surface area contributed by atoms with Crippen molar-refractivity contribution in [2.45, 2.75) is 6.42 Å². The number of thiophene rings is 1. The highest BCUT2D eigenvalue weighted by Gasteiger charge is 2.14. The van der Waals surface area contributed by atoms with Crippen LogP contribution in [0.5, 0.6) is 0 Å². The summed E-state index contributed by atoms with van der Waals surface area (Å²) in [6.07, 6.45) is 2.28. The van der Waals surface area contributed by atoms with Crippen molar-refractivity contribution < 1.29 is 9.90 Å². The van der Waals surface area contributed by atoms with Crippen LogP contribution in [0.3, 0.4) is 0 Å². The van der Waals surface area contributed by atoms with Gasteiger partial charge in [0.2, 0.25) is 0 Å². The molecule has 0 saturated heterocycles. The second kappa shape index (κ2) is 5.93. The van der Waals surface area contributed by atoms with Gasteiger partial charge in [-0.3, -0.25) is 4.98 Å². The van der Waals surface area contributed by atoms with Gasteiger partial charge in [0.05, 0.1) is 11.2 Å². The number of aromatic carboxylic acids is 1. The lowest BCUT2D eigenvalue weighted by molar-refractivity contribution is 0.0697. The van der Waals surface area contributed by atoms with Crippen LogP contribution >= 0.6 is 11.3 Å². The molecule has 2 aromatic heterocycles.